The molecule has 3 aromatic heterocycles. The van der Waals surface area contributed by atoms with Gasteiger partial charge in [0.15, 0.2) is 5.76 Å². The highest BCUT2D eigenvalue weighted by molar-refractivity contribution is 5.60. The van der Waals surface area contributed by atoms with Gasteiger partial charge in [-0.2, -0.15) is 5.10 Å². The monoisotopic (exact) mass is 266 g/mol. The first kappa shape index (κ1) is 11.4. The minimum absolute atomic E-state index is 0.616. The minimum atomic E-state index is 0.616. The Bertz CT molecular complexity index is 712. The zero-order chi connectivity index (χ0) is 13.4. The van der Waals surface area contributed by atoms with Crippen molar-refractivity contribution in [2.45, 2.75) is 25.3 Å². The van der Waals surface area contributed by atoms with Crippen molar-refractivity contribution < 1.29 is 4.52 Å². The number of hydrogen-bond acceptors (Lipinski definition) is 4. The Balaban J connectivity index is 1.52. The normalized spacial score (nSPS) is 14.6. The Morgan fingerprint density at radius 2 is 2.05 bits per heavy atom. The molecule has 5 heteroatoms. The molecule has 0 spiro atoms. The van der Waals surface area contributed by atoms with E-state index in [1.165, 1.54) is 12.8 Å². The smallest absolute Gasteiger partial charge is 0.158 e. The molecule has 0 saturated heterocycles. The Kier molecular flexibility index (Phi) is 2.62. The fourth-order valence-electron chi connectivity index (χ4n) is 2.28. The Morgan fingerprint density at radius 3 is 2.85 bits per heavy atom. The van der Waals surface area contributed by atoms with Crippen LogP contribution < -0.4 is 0 Å². The van der Waals surface area contributed by atoms with E-state index in [2.05, 4.69) is 15.2 Å². The summed E-state index contributed by atoms with van der Waals surface area (Å²) in [7, 11) is 0. The van der Waals surface area contributed by atoms with E-state index < -0.39 is 0 Å². The van der Waals surface area contributed by atoms with Crippen LogP contribution >= 0.6 is 0 Å². The quantitative estimate of drug-likeness (QED) is 0.728. The third kappa shape index (κ3) is 2.22. The molecule has 0 unspecified atom stereocenters. The molecule has 0 bridgehead atoms. The molecule has 20 heavy (non-hydrogen) atoms. The average Bonchev–Trinajstić information content (AvgIpc) is 3.06. The molecule has 0 N–H and O–H groups in total. The van der Waals surface area contributed by atoms with Gasteiger partial charge in [-0.25, -0.2) is 0 Å². The number of pyridine rings is 1. The van der Waals surface area contributed by atoms with Crippen LogP contribution in [0.2, 0.25) is 0 Å². The number of hydrogen-bond donors (Lipinski definition) is 0. The second-order valence-corrected chi connectivity index (χ2v) is 5.15. The summed E-state index contributed by atoms with van der Waals surface area (Å²) in [6.07, 6.45) is 9.90. The maximum absolute atomic E-state index is 5.36. The Hall–Kier alpha value is -2.43. The third-order valence-corrected chi connectivity index (χ3v) is 3.54. The first-order valence-electron chi connectivity index (χ1n) is 6.77. The second kappa shape index (κ2) is 4.59. The van der Waals surface area contributed by atoms with Crippen LogP contribution in [0.4, 0.5) is 0 Å². The number of aromatic nitrogens is 4. The maximum Gasteiger partial charge on any atom is 0.158 e. The van der Waals surface area contributed by atoms with Gasteiger partial charge in [0.25, 0.3) is 0 Å². The summed E-state index contributed by atoms with van der Waals surface area (Å²) in [6, 6.07) is 5.99. The minimum Gasteiger partial charge on any atom is -0.359 e. The summed E-state index contributed by atoms with van der Waals surface area (Å²) in [5.74, 6) is 1.48. The molecule has 0 aromatic carbocycles. The topological polar surface area (TPSA) is 56.7 Å². The van der Waals surface area contributed by atoms with E-state index in [0.717, 1.165) is 22.6 Å². The standard InChI is InChI=1S/C15H14N4O/c1-2-12(1)15-7-14(20-18-15)10-19-9-13(8-17-19)11-3-5-16-6-4-11/h3-9,12H,1-2,10H2. The second-order valence-electron chi connectivity index (χ2n) is 5.15. The van der Waals surface area contributed by atoms with Crippen LogP contribution in [0.15, 0.2) is 47.5 Å². The van der Waals surface area contributed by atoms with Gasteiger partial charge in [0.2, 0.25) is 0 Å². The maximum atomic E-state index is 5.36. The lowest BCUT2D eigenvalue weighted by atomic mass is 10.1. The molecule has 0 atom stereocenters. The van der Waals surface area contributed by atoms with Crippen LogP contribution in [0.25, 0.3) is 11.1 Å². The van der Waals surface area contributed by atoms with E-state index in [0.29, 0.717) is 12.5 Å². The van der Waals surface area contributed by atoms with Crippen molar-refractivity contribution in [3.05, 3.63) is 54.4 Å². The molecule has 100 valence electrons. The average molecular weight is 266 g/mol. The van der Waals surface area contributed by atoms with Gasteiger partial charge < -0.3 is 4.52 Å². The molecule has 0 radical (unpaired) electrons. The fraction of sp³-hybridized carbons (Fsp3) is 0.267. The molecular formula is C15H14N4O. The fourth-order valence-corrected chi connectivity index (χ4v) is 2.28. The lowest BCUT2D eigenvalue weighted by Crippen LogP contribution is -1.98. The lowest BCUT2D eigenvalue weighted by molar-refractivity contribution is 0.366. The van der Waals surface area contributed by atoms with Gasteiger partial charge in [0, 0.05) is 36.1 Å². The van der Waals surface area contributed by atoms with Crippen LogP contribution in [-0.2, 0) is 6.54 Å². The van der Waals surface area contributed by atoms with Gasteiger partial charge in [0.1, 0.15) is 6.54 Å². The molecule has 4 rings (SSSR count). The molecule has 0 aliphatic heterocycles. The summed E-state index contributed by atoms with van der Waals surface area (Å²) >= 11 is 0. The highest BCUT2D eigenvalue weighted by atomic mass is 16.5. The highest BCUT2D eigenvalue weighted by Gasteiger charge is 2.27. The lowest BCUT2D eigenvalue weighted by Gasteiger charge is -1.96. The van der Waals surface area contributed by atoms with Crippen molar-refractivity contribution in [2.24, 2.45) is 0 Å². The van der Waals surface area contributed by atoms with Crippen molar-refractivity contribution in [1.29, 1.82) is 0 Å². The van der Waals surface area contributed by atoms with Gasteiger partial charge in [-0.05, 0) is 30.5 Å². The Labute approximate surface area is 116 Å². The first-order chi connectivity index (χ1) is 9.88. The van der Waals surface area contributed by atoms with Crippen molar-refractivity contribution in [3.8, 4) is 11.1 Å². The molecule has 1 fully saturated rings. The van der Waals surface area contributed by atoms with Crippen LogP contribution in [0.5, 0.6) is 0 Å². The number of rotatable bonds is 4. The molecular weight excluding hydrogens is 252 g/mol. The van der Waals surface area contributed by atoms with E-state index in [1.807, 2.05) is 35.3 Å². The predicted octanol–water partition coefficient (Wildman–Crippen LogP) is 2.86. The van der Waals surface area contributed by atoms with E-state index >= 15 is 0 Å². The summed E-state index contributed by atoms with van der Waals surface area (Å²) in [5.41, 5.74) is 3.28. The Morgan fingerprint density at radius 1 is 1.20 bits per heavy atom. The summed E-state index contributed by atoms with van der Waals surface area (Å²) < 4.78 is 7.23. The van der Waals surface area contributed by atoms with Crippen LogP contribution in [-0.4, -0.2) is 19.9 Å². The van der Waals surface area contributed by atoms with Gasteiger partial charge in [-0.3, -0.25) is 9.67 Å². The van der Waals surface area contributed by atoms with Gasteiger partial charge in [-0.15, -0.1) is 0 Å². The summed E-state index contributed by atoms with van der Waals surface area (Å²) in [6.45, 7) is 0.616. The van der Waals surface area contributed by atoms with E-state index in [-0.39, 0.29) is 0 Å². The van der Waals surface area contributed by atoms with Crippen molar-refractivity contribution in [1.82, 2.24) is 19.9 Å². The van der Waals surface area contributed by atoms with E-state index in [9.17, 15) is 0 Å². The first-order valence-corrected chi connectivity index (χ1v) is 6.77. The van der Waals surface area contributed by atoms with Gasteiger partial charge in [-0.1, -0.05) is 5.16 Å². The molecule has 1 aliphatic rings. The van der Waals surface area contributed by atoms with Crippen molar-refractivity contribution in [3.63, 3.8) is 0 Å². The summed E-state index contributed by atoms with van der Waals surface area (Å²) in [5, 5.41) is 8.48. The van der Waals surface area contributed by atoms with Crippen LogP contribution in [0.1, 0.15) is 30.2 Å². The van der Waals surface area contributed by atoms with Gasteiger partial charge >= 0.3 is 0 Å². The molecule has 3 aromatic rings. The molecule has 1 aliphatic carbocycles. The SMILES string of the molecule is c1cc(-c2cnn(Cc3cc(C4CC4)no3)c2)ccn1. The summed E-state index contributed by atoms with van der Waals surface area (Å²) in [4.78, 5) is 4.02. The van der Waals surface area contributed by atoms with E-state index in [1.54, 1.807) is 12.4 Å². The van der Waals surface area contributed by atoms with Crippen molar-refractivity contribution in [2.75, 3.05) is 0 Å². The molecule has 0 amide bonds. The van der Waals surface area contributed by atoms with Gasteiger partial charge in [0.05, 0.1) is 11.9 Å². The largest absolute Gasteiger partial charge is 0.359 e. The van der Waals surface area contributed by atoms with Crippen LogP contribution in [0, 0.1) is 0 Å². The van der Waals surface area contributed by atoms with Crippen molar-refractivity contribution >= 4 is 0 Å². The molecule has 5 nitrogen and oxygen atoms in total. The van der Waals surface area contributed by atoms with E-state index in [4.69, 9.17) is 4.52 Å². The third-order valence-electron chi connectivity index (χ3n) is 3.54. The molecule has 3 heterocycles. The van der Waals surface area contributed by atoms with Crippen LogP contribution in [0.3, 0.4) is 0 Å². The number of nitrogens with zero attached hydrogens (tertiary/aromatic N) is 4. The zero-order valence-electron chi connectivity index (χ0n) is 10.9. The molecule has 1 saturated carbocycles. The predicted molar refractivity (Wildman–Crippen MR) is 73.0 cm³/mol. The highest BCUT2D eigenvalue weighted by Crippen LogP contribution is 2.39. The zero-order valence-corrected chi connectivity index (χ0v) is 10.9.